The number of ether oxygens (including phenoxy) is 2. The summed E-state index contributed by atoms with van der Waals surface area (Å²) in [6.45, 7) is 2.75. The number of unbranched alkanes of at least 4 members (excludes halogenated alkanes) is 1. The van der Waals surface area contributed by atoms with Gasteiger partial charge in [-0.3, -0.25) is 4.79 Å². The summed E-state index contributed by atoms with van der Waals surface area (Å²) < 4.78 is 11.5. The summed E-state index contributed by atoms with van der Waals surface area (Å²) in [5.41, 5.74) is 0.562. The summed E-state index contributed by atoms with van der Waals surface area (Å²) in [5.74, 6) is 1.23. The van der Waals surface area contributed by atoms with Gasteiger partial charge in [0.05, 0.1) is 18.2 Å². The standard InChI is InChI=1S/C12H15BrO3/c1-3-4-5-16-12-10(13)6-9(8-14)7-11(12)15-2/h6-8H,3-5H2,1-2H3. The number of aldehydes is 1. The average Bonchev–Trinajstić information content (AvgIpc) is 2.30. The van der Waals surface area contributed by atoms with E-state index in [4.69, 9.17) is 9.47 Å². The maximum Gasteiger partial charge on any atom is 0.175 e. The van der Waals surface area contributed by atoms with Gasteiger partial charge in [0, 0.05) is 5.56 Å². The molecule has 0 aliphatic carbocycles. The van der Waals surface area contributed by atoms with E-state index in [1.54, 1.807) is 19.2 Å². The third-order valence-corrected chi connectivity index (χ3v) is 2.72. The molecule has 16 heavy (non-hydrogen) atoms. The lowest BCUT2D eigenvalue weighted by Gasteiger charge is -2.12. The quantitative estimate of drug-likeness (QED) is 0.594. The van der Waals surface area contributed by atoms with Crippen molar-refractivity contribution in [3.05, 3.63) is 22.2 Å². The van der Waals surface area contributed by atoms with Crippen LogP contribution in [0, 0.1) is 0 Å². The third-order valence-electron chi connectivity index (χ3n) is 2.13. The molecular formula is C12H15BrO3. The summed E-state index contributed by atoms with van der Waals surface area (Å²) in [4.78, 5) is 10.7. The number of methoxy groups -OCH3 is 1. The van der Waals surface area contributed by atoms with Crippen LogP contribution in [0.2, 0.25) is 0 Å². The fraction of sp³-hybridized carbons (Fsp3) is 0.417. The smallest absolute Gasteiger partial charge is 0.175 e. The Kier molecular flexibility index (Phi) is 5.32. The second kappa shape index (κ2) is 6.53. The molecule has 0 N–H and O–H groups in total. The maximum atomic E-state index is 10.7. The Morgan fingerprint density at radius 3 is 2.75 bits per heavy atom. The summed E-state index contributed by atoms with van der Waals surface area (Å²) in [5, 5.41) is 0. The van der Waals surface area contributed by atoms with Gasteiger partial charge >= 0.3 is 0 Å². The van der Waals surface area contributed by atoms with Gasteiger partial charge < -0.3 is 9.47 Å². The van der Waals surface area contributed by atoms with Gasteiger partial charge in [0.25, 0.3) is 0 Å². The average molecular weight is 287 g/mol. The van der Waals surface area contributed by atoms with Crippen molar-refractivity contribution in [3.63, 3.8) is 0 Å². The molecule has 0 aliphatic heterocycles. The van der Waals surface area contributed by atoms with Crippen LogP contribution in [-0.4, -0.2) is 20.0 Å². The molecule has 0 bridgehead atoms. The molecule has 0 spiro atoms. The molecule has 0 amide bonds. The van der Waals surface area contributed by atoms with Gasteiger partial charge in [-0.25, -0.2) is 0 Å². The number of carbonyl (C=O) groups is 1. The highest BCUT2D eigenvalue weighted by Crippen LogP contribution is 2.36. The van der Waals surface area contributed by atoms with Crippen LogP contribution in [0.5, 0.6) is 11.5 Å². The second-order valence-corrected chi connectivity index (χ2v) is 4.21. The Labute approximate surface area is 104 Å². The zero-order valence-electron chi connectivity index (χ0n) is 9.46. The summed E-state index contributed by atoms with van der Waals surface area (Å²) in [7, 11) is 1.56. The lowest BCUT2D eigenvalue weighted by atomic mass is 10.2. The predicted octanol–water partition coefficient (Wildman–Crippen LogP) is 3.45. The van der Waals surface area contributed by atoms with Gasteiger partial charge in [0.15, 0.2) is 11.5 Å². The first-order chi connectivity index (χ1) is 7.72. The Morgan fingerprint density at radius 2 is 2.19 bits per heavy atom. The number of benzene rings is 1. The van der Waals surface area contributed by atoms with Crippen LogP contribution in [0.3, 0.4) is 0 Å². The first kappa shape index (κ1) is 13.0. The van der Waals surface area contributed by atoms with Crippen molar-refractivity contribution in [2.24, 2.45) is 0 Å². The van der Waals surface area contributed by atoms with Crippen molar-refractivity contribution in [2.75, 3.05) is 13.7 Å². The van der Waals surface area contributed by atoms with E-state index in [9.17, 15) is 4.79 Å². The van der Waals surface area contributed by atoms with Crippen molar-refractivity contribution < 1.29 is 14.3 Å². The van der Waals surface area contributed by atoms with Crippen LogP contribution in [0.1, 0.15) is 30.1 Å². The minimum absolute atomic E-state index is 0.562. The molecule has 0 unspecified atom stereocenters. The summed E-state index contributed by atoms with van der Waals surface area (Å²) >= 11 is 3.37. The zero-order chi connectivity index (χ0) is 12.0. The molecule has 0 aliphatic rings. The second-order valence-electron chi connectivity index (χ2n) is 3.35. The molecule has 0 atom stereocenters. The zero-order valence-corrected chi connectivity index (χ0v) is 11.0. The molecule has 0 saturated heterocycles. The SMILES string of the molecule is CCCCOc1c(Br)cc(C=O)cc1OC. The van der Waals surface area contributed by atoms with Crippen molar-refractivity contribution in [3.8, 4) is 11.5 Å². The Balaban J connectivity index is 2.92. The summed E-state index contributed by atoms with van der Waals surface area (Å²) in [6, 6.07) is 3.38. The minimum Gasteiger partial charge on any atom is -0.493 e. The van der Waals surface area contributed by atoms with Crippen molar-refractivity contribution in [1.29, 1.82) is 0 Å². The fourth-order valence-corrected chi connectivity index (χ4v) is 1.84. The maximum absolute atomic E-state index is 10.7. The van der Waals surface area contributed by atoms with Gasteiger partial charge in [-0.05, 0) is 34.5 Å². The molecule has 88 valence electrons. The number of rotatable bonds is 6. The van der Waals surface area contributed by atoms with Gasteiger partial charge in [-0.15, -0.1) is 0 Å². The third kappa shape index (κ3) is 3.23. The molecule has 4 heteroatoms. The van der Waals surface area contributed by atoms with E-state index >= 15 is 0 Å². The molecular weight excluding hydrogens is 272 g/mol. The highest BCUT2D eigenvalue weighted by atomic mass is 79.9. The van der Waals surface area contributed by atoms with E-state index in [0.29, 0.717) is 23.7 Å². The number of hydrogen-bond acceptors (Lipinski definition) is 3. The molecule has 0 radical (unpaired) electrons. The number of hydrogen-bond donors (Lipinski definition) is 0. The van der Waals surface area contributed by atoms with Crippen LogP contribution in [0.15, 0.2) is 16.6 Å². The van der Waals surface area contributed by atoms with Gasteiger partial charge in [-0.1, -0.05) is 13.3 Å². The molecule has 0 saturated carbocycles. The molecule has 1 aromatic carbocycles. The molecule has 0 aromatic heterocycles. The van der Waals surface area contributed by atoms with Crippen molar-refractivity contribution in [1.82, 2.24) is 0 Å². The summed E-state index contributed by atoms with van der Waals surface area (Å²) in [6.07, 6.45) is 2.85. The topological polar surface area (TPSA) is 35.5 Å². The van der Waals surface area contributed by atoms with E-state index in [1.165, 1.54) is 0 Å². The molecule has 0 fully saturated rings. The number of halogens is 1. The Hall–Kier alpha value is -1.03. The van der Waals surface area contributed by atoms with E-state index in [1.807, 2.05) is 0 Å². The highest BCUT2D eigenvalue weighted by Gasteiger charge is 2.11. The van der Waals surface area contributed by atoms with Crippen molar-refractivity contribution >= 4 is 22.2 Å². The van der Waals surface area contributed by atoms with E-state index < -0.39 is 0 Å². The minimum atomic E-state index is 0.562. The van der Waals surface area contributed by atoms with Gasteiger partial charge in [0.2, 0.25) is 0 Å². The van der Waals surface area contributed by atoms with Crippen LogP contribution < -0.4 is 9.47 Å². The molecule has 0 heterocycles. The largest absolute Gasteiger partial charge is 0.493 e. The highest BCUT2D eigenvalue weighted by molar-refractivity contribution is 9.10. The van der Waals surface area contributed by atoms with Crippen LogP contribution in [-0.2, 0) is 0 Å². The van der Waals surface area contributed by atoms with E-state index in [0.717, 1.165) is 23.6 Å². The normalized spacial score (nSPS) is 9.94. The molecule has 1 aromatic rings. The predicted molar refractivity (Wildman–Crippen MR) is 66.5 cm³/mol. The first-order valence-electron chi connectivity index (χ1n) is 5.18. The molecule has 3 nitrogen and oxygen atoms in total. The number of carbonyl (C=O) groups excluding carboxylic acids is 1. The monoisotopic (exact) mass is 286 g/mol. The van der Waals surface area contributed by atoms with Crippen LogP contribution in [0.25, 0.3) is 0 Å². The van der Waals surface area contributed by atoms with Crippen LogP contribution >= 0.6 is 15.9 Å². The van der Waals surface area contributed by atoms with Crippen molar-refractivity contribution in [2.45, 2.75) is 19.8 Å². The lowest BCUT2D eigenvalue weighted by molar-refractivity contribution is 0.112. The van der Waals surface area contributed by atoms with Gasteiger partial charge in [0.1, 0.15) is 6.29 Å². The van der Waals surface area contributed by atoms with Crippen LogP contribution in [0.4, 0.5) is 0 Å². The molecule has 1 rings (SSSR count). The lowest BCUT2D eigenvalue weighted by Crippen LogP contribution is -2.00. The van der Waals surface area contributed by atoms with E-state index in [-0.39, 0.29) is 0 Å². The van der Waals surface area contributed by atoms with Gasteiger partial charge in [-0.2, -0.15) is 0 Å². The Bertz CT molecular complexity index is 364. The fourth-order valence-electron chi connectivity index (χ4n) is 1.27. The Morgan fingerprint density at radius 1 is 1.44 bits per heavy atom. The first-order valence-corrected chi connectivity index (χ1v) is 5.97. The van der Waals surface area contributed by atoms with E-state index in [2.05, 4.69) is 22.9 Å².